The average molecular weight is 357 g/mol. The maximum absolute atomic E-state index is 12.1. The predicted octanol–water partition coefficient (Wildman–Crippen LogP) is 5.45. The molecule has 0 heterocycles. The lowest BCUT2D eigenvalue weighted by Crippen LogP contribution is -1.97. The molecule has 0 radical (unpaired) electrons. The van der Waals surface area contributed by atoms with E-state index in [0.29, 0.717) is 15.6 Å². The maximum atomic E-state index is 12.1. The molecule has 0 fully saturated rings. The second kappa shape index (κ2) is 6.92. The minimum Gasteiger partial charge on any atom is -0.289 e. The Morgan fingerprint density at radius 2 is 1.68 bits per heavy atom. The summed E-state index contributed by atoms with van der Waals surface area (Å²) >= 11 is 17.7. The Labute approximate surface area is 141 Å². The standard InChI is InChI=1S/C15H8Cl3NO3/c16-11-2-1-3-12(17)10(11)5-7-15(20)9-4-6-13(18)14(8-9)19(21)22/h1-8H/b7-5+. The third-order valence-corrected chi connectivity index (χ3v) is 3.81. The van der Waals surface area contributed by atoms with Crippen LogP contribution in [0.5, 0.6) is 0 Å². The first-order valence-corrected chi connectivity index (χ1v) is 7.14. The van der Waals surface area contributed by atoms with Gasteiger partial charge < -0.3 is 0 Å². The van der Waals surface area contributed by atoms with Crippen molar-refractivity contribution in [2.45, 2.75) is 0 Å². The van der Waals surface area contributed by atoms with Gasteiger partial charge in [-0.1, -0.05) is 40.9 Å². The highest BCUT2D eigenvalue weighted by Crippen LogP contribution is 2.27. The first-order valence-electron chi connectivity index (χ1n) is 6.00. The number of nitro groups is 1. The molecule has 0 aliphatic heterocycles. The smallest absolute Gasteiger partial charge is 0.288 e. The van der Waals surface area contributed by atoms with Gasteiger partial charge in [-0.15, -0.1) is 0 Å². The number of allylic oxidation sites excluding steroid dienone is 1. The van der Waals surface area contributed by atoms with Crippen molar-refractivity contribution in [3.05, 3.63) is 78.8 Å². The minimum atomic E-state index is -0.645. The molecule has 0 bridgehead atoms. The van der Waals surface area contributed by atoms with Crippen molar-refractivity contribution in [3.8, 4) is 0 Å². The fraction of sp³-hybridized carbons (Fsp3) is 0. The summed E-state index contributed by atoms with van der Waals surface area (Å²) in [5, 5.41) is 11.6. The average Bonchev–Trinajstić information content (AvgIpc) is 2.46. The normalized spacial score (nSPS) is 10.9. The molecular formula is C15H8Cl3NO3. The predicted molar refractivity (Wildman–Crippen MR) is 87.9 cm³/mol. The topological polar surface area (TPSA) is 60.2 Å². The zero-order valence-electron chi connectivity index (χ0n) is 10.9. The lowest BCUT2D eigenvalue weighted by Gasteiger charge is -2.01. The largest absolute Gasteiger partial charge is 0.289 e. The Morgan fingerprint density at radius 1 is 1.05 bits per heavy atom. The van der Waals surface area contributed by atoms with Gasteiger partial charge in [0.15, 0.2) is 5.78 Å². The highest BCUT2D eigenvalue weighted by atomic mass is 35.5. The Morgan fingerprint density at radius 3 is 2.27 bits per heavy atom. The van der Waals surface area contributed by atoms with Gasteiger partial charge in [-0.3, -0.25) is 14.9 Å². The Hall–Kier alpha value is -1.88. The van der Waals surface area contributed by atoms with Crippen LogP contribution in [-0.2, 0) is 0 Å². The zero-order valence-corrected chi connectivity index (χ0v) is 13.2. The Balaban J connectivity index is 2.32. The van der Waals surface area contributed by atoms with Gasteiger partial charge in [0.05, 0.1) is 4.92 Å². The fourth-order valence-corrected chi connectivity index (χ4v) is 2.44. The molecule has 0 unspecified atom stereocenters. The molecule has 0 atom stereocenters. The summed E-state index contributed by atoms with van der Waals surface area (Å²) in [5.74, 6) is -0.421. The van der Waals surface area contributed by atoms with Gasteiger partial charge in [-0.2, -0.15) is 0 Å². The van der Waals surface area contributed by atoms with E-state index in [1.165, 1.54) is 24.3 Å². The molecule has 2 aromatic carbocycles. The molecule has 0 amide bonds. The Kier molecular flexibility index (Phi) is 5.19. The fourth-order valence-electron chi connectivity index (χ4n) is 1.73. The minimum absolute atomic E-state index is 0.0281. The van der Waals surface area contributed by atoms with Gasteiger partial charge in [0.1, 0.15) is 5.02 Å². The number of carbonyl (C=O) groups is 1. The highest BCUT2D eigenvalue weighted by molar-refractivity contribution is 6.37. The van der Waals surface area contributed by atoms with Gasteiger partial charge in [0, 0.05) is 27.2 Å². The number of hydrogen-bond acceptors (Lipinski definition) is 3. The molecule has 0 aromatic heterocycles. The first-order chi connectivity index (χ1) is 10.4. The molecule has 2 rings (SSSR count). The molecule has 22 heavy (non-hydrogen) atoms. The highest BCUT2D eigenvalue weighted by Gasteiger charge is 2.15. The van der Waals surface area contributed by atoms with Gasteiger partial charge in [0.2, 0.25) is 0 Å². The van der Waals surface area contributed by atoms with E-state index in [4.69, 9.17) is 34.8 Å². The van der Waals surface area contributed by atoms with Crippen molar-refractivity contribution in [2.75, 3.05) is 0 Å². The van der Waals surface area contributed by atoms with Crippen LogP contribution in [0.25, 0.3) is 6.08 Å². The molecule has 4 nitrogen and oxygen atoms in total. The van der Waals surface area contributed by atoms with E-state index < -0.39 is 10.7 Å². The van der Waals surface area contributed by atoms with E-state index in [2.05, 4.69) is 0 Å². The molecule has 0 saturated carbocycles. The second-order valence-corrected chi connectivity index (χ2v) is 5.48. The second-order valence-electron chi connectivity index (χ2n) is 4.26. The lowest BCUT2D eigenvalue weighted by atomic mass is 10.1. The van der Waals surface area contributed by atoms with Crippen LogP contribution in [0.1, 0.15) is 15.9 Å². The van der Waals surface area contributed by atoms with Crippen LogP contribution in [0.2, 0.25) is 15.1 Å². The number of carbonyl (C=O) groups excluding carboxylic acids is 1. The first kappa shape index (κ1) is 16.5. The summed E-state index contributed by atoms with van der Waals surface area (Å²) in [4.78, 5) is 22.3. The van der Waals surface area contributed by atoms with Crippen LogP contribution in [-0.4, -0.2) is 10.7 Å². The van der Waals surface area contributed by atoms with Crippen molar-refractivity contribution in [2.24, 2.45) is 0 Å². The molecular weight excluding hydrogens is 349 g/mol. The third-order valence-electron chi connectivity index (χ3n) is 2.83. The molecule has 2 aromatic rings. The van der Waals surface area contributed by atoms with E-state index in [1.807, 2.05) is 0 Å². The van der Waals surface area contributed by atoms with Gasteiger partial charge >= 0.3 is 0 Å². The number of rotatable bonds is 4. The number of benzene rings is 2. The molecule has 0 spiro atoms. The van der Waals surface area contributed by atoms with Crippen LogP contribution in [0, 0.1) is 10.1 Å². The summed E-state index contributed by atoms with van der Waals surface area (Å²) in [6.07, 6.45) is 2.72. The van der Waals surface area contributed by atoms with E-state index in [-0.39, 0.29) is 16.3 Å². The molecule has 7 heteroatoms. The maximum Gasteiger partial charge on any atom is 0.288 e. The summed E-state index contributed by atoms with van der Waals surface area (Å²) < 4.78 is 0. The quantitative estimate of drug-likeness (QED) is 0.317. The van der Waals surface area contributed by atoms with Gasteiger partial charge in [-0.05, 0) is 36.4 Å². The third kappa shape index (κ3) is 3.65. The van der Waals surface area contributed by atoms with Crippen LogP contribution >= 0.6 is 34.8 Å². The van der Waals surface area contributed by atoms with Crippen molar-refractivity contribution >= 4 is 52.3 Å². The molecule has 0 aliphatic carbocycles. The SMILES string of the molecule is O=C(/C=C/c1c(Cl)cccc1Cl)c1ccc(Cl)c([N+](=O)[O-])c1. The van der Waals surface area contributed by atoms with Crippen LogP contribution in [0.3, 0.4) is 0 Å². The monoisotopic (exact) mass is 355 g/mol. The number of ketones is 1. The molecule has 0 aliphatic rings. The van der Waals surface area contributed by atoms with Crippen molar-refractivity contribution in [3.63, 3.8) is 0 Å². The Bertz CT molecular complexity index is 767. The van der Waals surface area contributed by atoms with Crippen molar-refractivity contribution < 1.29 is 9.72 Å². The van der Waals surface area contributed by atoms with E-state index >= 15 is 0 Å². The van der Waals surface area contributed by atoms with Crippen molar-refractivity contribution in [1.82, 2.24) is 0 Å². The van der Waals surface area contributed by atoms with Crippen LogP contribution in [0.4, 0.5) is 5.69 Å². The summed E-state index contributed by atoms with van der Waals surface area (Å²) in [7, 11) is 0. The number of nitro benzene ring substituents is 1. The summed E-state index contributed by atoms with van der Waals surface area (Å²) in [5.41, 5.74) is 0.329. The molecule has 0 N–H and O–H groups in total. The van der Waals surface area contributed by atoms with Crippen LogP contribution < -0.4 is 0 Å². The molecule has 112 valence electrons. The van der Waals surface area contributed by atoms with E-state index in [0.717, 1.165) is 6.07 Å². The summed E-state index contributed by atoms with van der Waals surface area (Å²) in [6.45, 7) is 0. The van der Waals surface area contributed by atoms with E-state index in [9.17, 15) is 14.9 Å². The van der Waals surface area contributed by atoms with Gasteiger partial charge in [-0.25, -0.2) is 0 Å². The zero-order chi connectivity index (χ0) is 16.3. The van der Waals surface area contributed by atoms with Crippen molar-refractivity contribution in [1.29, 1.82) is 0 Å². The summed E-state index contributed by atoms with van der Waals surface area (Å²) in [6, 6.07) is 8.82. The lowest BCUT2D eigenvalue weighted by molar-refractivity contribution is -0.384. The van der Waals surface area contributed by atoms with Gasteiger partial charge in [0.25, 0.3) is 5.69 Å². The number of halogens is 3. The molecule has 0 saturated heterocycles. The van der Waals surface area contributed by atoms with Crippen LogP contribution in [0.15, 0.2) is 42.5 Å². The number of nitrogens with zero attached hydrogens (tertiary/aromatic N) is 1. The number of hydrogen-bond donors (Lipinski definition) is 0. The van der Waals surface area contributed by atoms with E-state index in [1.54, 1.807) is 18.2 Å².